The first kappa shape index (κ1) is 10.7. The molecule has 0 bridgehead atoms. The zero-order valence-corrected chi connectivity index (χ0v) is 8.16. The highest BCUT2D eigenvalue weighted by atomic mass is 16.6. The van der Waals surface area contributed by atoms with Gasteiger partial charge in [-0.2, -0.15) is 0 Å². The van der Waals surface area contributed by atoms with Gasteiger partial charge in [0.2, 0.25) is 0 Å². The molecule has 1 rings (SSSR count). The van der Waals surface area contributed by atoms with E-state index in [-0.39, 0.29) is 5.88 Å². The number of hydrogen-bond acceptors (Lipinski definition) is 4. The minimum atomic E-state index is -0.525. The van der Waals surface area contributed by atoms with Crippen molar-refractivity contribution in [3.63, 3.8) is 0 Å². The minimum absolute atomic E-state index is 0.185. The van der Waals surface area contributed by atoms with Crippen molar-refractivity contribution < 1.29 is 9.34 Å². The molecule has 0 amide bonds. The summed E-state index contributed by atoms with van der Waals surface area (Å²) in [5.41, 5.74) is 0. The van der Waals surface area contributed by atoms with Gasteiger partial charge in [-0.3, -0.25) is 10.1 Å². The summed E-state index contributed by atoms with van der Waals surface area (Å²) in [6.07, 6.45) is 1.77. The van der Waals surface area contributed by atoms with Crippen LogP contribution >= 0.6 is 0 Å². The Kier molecular flexibility index (Phi) is 4.12. The van der Waals surface area contributed by atoms with E-state index in [1.165, 1.54) is 6.07 Å². The lowest BCUT2D eigenvalue weighted by molar-refractivity contribution is -0.402. The van der Waals surface area contributed by atoms with E-state index < -0.39 is 4.92 Å². The molecule has 1 aromatic heterocycles. The first-order valence-electron chi connectivity index (χ1n) is 4.68. The summed E-state index contributed by atoms with van der Waals surface area (Å²) in [6.45, 7) is 3.84. The zero-order valence-electron chi connectivity index (χ0n) is 8.16. The van der Waals surface area contributed by atoms with Crippen LogP contribution in [0.15, 0.2) is 16.5 Å². The molecular formula is C9H14N2O3. The molecule has 0 aromatic carbocycles. The van der Waals surface area contributed by atoms with Crippen molar-refractivity contribution >= 4 is 5.88 Å². The summed E-state index contributed by atoms with van der Waals surface area (Å²) in [6, 6.07) is 3.03. The van der Waals surface area contributed by atoms with Gasteiger partial charge in [-0.25, -0.2) is 0 Å². The lowest BCUT2D eigenvalue weighted by Gasteiger charge is -1.99. The van der Waals surface area contributed by atoms with Crippen LogP contribution in [0.25, 0.3) is 0 Å². The fraction of sp³-hybridized carbons (Fsp3) is 0.556. The van der Waals surface area contributed by atoms with Crippen LogP contribution < -0.4 is 5.32 Å². The van der Waals surface area contributed by atoms with E-state index >= 15 is 0 Å². The molecule has 0 aliphatic rings. The summed E-state index contributed by atoms with van der Waals surface area (Å²) >= 11 is 0. The molecule has 14 heavy (non-hydrogen) atoms. The highest BCUT2D eigenvalue weighted by Crippen LogP contribution is 2.15. The van der Waals surface area contributed by atoms with Crippen LogP contribution in [-0.4, -0.2) is 18.0 Å². The smallest absolute Gasteiger partial charge is 0.406 e. The normalized spacial score (nSPS) is 10.4. The van der Waals surface area contributed by atoms with Gasteiger partial charge in [0, 0.05) is 13.0 Å². The highest BCUT2D eigenvalue weighted by Gasteiger charge is 2.10. The van der Waals surface area contributed by atoms with Crippen LogP contribution in [0.1, 0.15) is 19.1 Å². The molecule has 0 saturated heterocycles. The Morgan fingerprint density at radius 3 is 2.86 bits per heavy atom. The Bertz CT molecular complexity index is 296. The maximum Gasteiger partial charge on any atom is 0.433 e. The van der Waals surface area contributed by atoms with Crippen molar-refractivity contribution in [2.24, 2.45) is 0 Å². The van der Waals surface area contributed by atoms with Gasteiger partial charge in [-0.15, -0.1) is 0 Å². The number of nitrogens with zero attached hydrogens (tertiary/aromatic N) is 1. The molecule has 0 atom stereocenters. The second kappa shape index (κ2) is 5.39. The average molecular weight is 198 g/mol. The average Bonchev–Trinajstić information content (AvgIpc) is 2.61. The summed E-state index contributed by atoms with van der Waals surface area (Å²) in [4.78, 5) is 9.76. The van der Waals surface area contributed by atoms with Crippen molar-refractivity contribution in [2.45, 2.75) is 19.8 Å². The molecule has 0 unspecified atom stereocenters. The molecule has 0 spiro atoms. The predicted octanol–water partition coefficient (Wildman–Crippen LogP) is 1.73. The Morgan fingerprint density at radius 1 is 1.50 bits per heavy atom. The fourth-order valence-corrected chi connectivity index (χ4v) is 1.11. The van der Waals surface area contributed by atoms with E-state index in [2.05, 4.69) is 12.2 Å². The van der Waals surface area contributed by atoms with Gasteiger partial charge >= 0.3 is 5.88 Å². The molecular weight excluding hydrogens is 184 g/mol. The van der Waals surface area contributed by atoms with Crippen molar-refractivity contribution in [1.29, 1.82) is 0 Å². The molecule has 1 N–H and O–H groups in total. The molecule has 78 valence electrons. The highest BCUT2D eigenvalue weighted by molar-refractivity contribution is 5.17. The molecule has 1 aromatic rings. The molecule has 5 nitrogen and oxygen atoms in total. The fourth-order valence-electron chi connectivity index (χ4n) is 1.11. The van der Waals surface area contributed by atoms with Gasteiger partial charge < -0.3 is 9.73 Å². The van der Waals surface area contributed by atoms with Crippen LogP contribution in [0.4, 0.5) is 5.88 Å². The van der Waals surface area contributed by atoms with Crippen LogP contribution in [0.5, 0.6) is 0 Å². The minimum Gasteiger partial charge on any atom is -0.406 e. The van der Waals surface area contributed by atoms with E-state index in [0.717, 1.165) is 19.5 Å². The van der Waals surface area contributed by atoms with Crippen LogP contribution in [0.2, 0.25) is 0 Å². The third kappa shape index (κ3) is 3.18. The van der Waals surface area contributed by atoms with Crippen LogP contribution in [0.3, 0.4) is 0 Å². The second-order valence-electron chi connectivity index (χ2n) is 3.00. The maximum atomic E-state index is 10.3. The maximum absolute atomic E-state index is 10.3. The lowest BCUT2D eigenvalue weighted by Crippen LogP contribution is -2.17. The first-order chi connectivity index (χ1) is 6.74. The number of nitrogens with one attached hydrogen (secondary N) is 1. The van der Waals surface area contributed by atoms with Gasteiger partial charge in [0.15, 0.2) is 0 Å². The molecule has 1 heterocycles. The molecule has 5 heteroatoms. The SMILES string of the molecule is CCCNCCc1ccc([N+](=O)[O-])o1. The van der Waals surface area contributed by atoms with Crippen LogP contribution in [-0.2, 0) is 6.42 Å². The monoisotopic (exact) mass is 198 g/mol. The van der Waals surface area contributed by atoms with Crippen molar-refractivity contribution in [2.75, 3.05) is 13.1 Å². The van der Waals surface area contributed by atoms with Gasteiger partial charge in [-0.05, 0) is 19.0 Å². The second-order valence-corrected chi connectivity index (χ2v) is 3.00. The molecule has 0 aliphatic carbocycles. The largest absolute Gasteiger partial charge is 0.433 e. The van der Waals surface area contributed by atoms with Gasteiger partial charge in [0.1, 0.15) is 10.7 Å². The predicted molar refractivity (Wildman–Crippen MR) is 52.2 cm³/mol. The van der Waals surface area contributed by atoms with Crippen molar-refractivity contribution in [3.8, 4) is 0 Å². The van der Waals surface area contributed by atoms with Crippen LogP contribution in [0, 0.1) is 10.1 Å². The standard InChI is InChI=1S/C9H14N2O3/c1-2-6-10-7-5-8-3-4-9(14-8)11(12)13/h3-4,10H,2,5-7H2,1H3. The van der Waals surface area contributed by atoms with Gasteiger partial charge in [-0.1, -0.05) is 6.92 Å². The zero-order chi connectivity index (χ0) is 10.4. The first-order valence-corrected chi connectivity index (χ1v) is 4.68. The summed E-state index contributed by atoms with van der Waals surface area (Å²) < 4.78 is 4.99. The van der Waals surface area contributed by atoms with Crippen molar-refractivity contribution in [1.82, 2.24) is 5.32 Å². The van der Waals surface area contributed by atoms with Gasteiger partial charge in [0.05, 0.1) is 6.07 Å². The van der Waals surface area contributed by atoms with E-state index in [9.17, 15) is 10.1 Å². The Hall–Kier alpha value is -1.36. The Morgan fingerprint density at radius 2 is 2.29 bits per heavy atom. The number of furan rings is 1. The summed E-state index contributed by atoms with van der Waals surface area (Å²) in [7, 11) is 0. The molecule has 0 fully saturated rings. The Balaban J connectivity index is 2.33. The summed E-state index contributed by atoms with van der Waals surface area (Å²) in [5.74, 6) is 0.468. The van der Waals surface area contributed by atoms with E-state index in [1.807, 2.05) is 0 Å². The van der Waals surface area contributed by atoms with E-state index in [1.54, 1.807) is 6.07 Å². The molecule has 0 radical (unpaired) electrons. The quantitative estimate of drug-likeness (QED) is 0.429. The molecule has 0 saturated carbocycles. The topological polar surface area (TPSA) is 68.3 Å². The number of hydrogen-bond donors (Lipinski definition) is 1. The Labute approximate surface area is 82.3 Å². The molecule has 0 aliphatic heterocycles. The van der Waals surface area contributed by atoms with Crippen molar-refractivity contribution in [3.05, 3.63) is 28.0 Å². The number of rotatable bonds is 6. The van der Waals surface area contributed by atoms with E-state index in [4.69, 9.17) is 4.42 Å². The lowest BCUT2D eigenvalue weighted by atomic mass is 10.3. The third-order valence-corrected chi connectivity index (χ3v) is 1.80. The summed E-state index contributed by atoms with van der Waals surface area (Å²) in [5, 5.41) is 13.5. The van der Waals surface area contributed by atoms with Gasteiger partial charge in [0.25, 0.3) is 0 Å². The number of nitro groups is 1. The van der Waals surface area contributed by atoms with E-state index in [0.29, 0.717) is 12.2 Å². The third-order valence-electron chi connectivity index (χ3n) is 1.80.